The van der Waals surface area contributed by atoms with Gasteiger partial charge in [-0.3, -0.25) is 9.59 Å². The number of benzene rings is 1. The molecule has 5 heteroatoms. The largest absolute Gasteiger partial charge is 0.480 e. The molecule has 0 fully saturated rings. The van der Waals surface area contributed by atoms with Gasteiger partial charge in [0.15, 0.2) is 11.2 Å². The number of carbonyl (C=O) groups excluding carboxylic acids is 1. The zero-order valence-corrected chi connectivity index (χ0v) is 9.98. The number of fused-ring (bicyclic) bond motifs is 1. The Hall–Kier alpha value is -2.04. The lowest BCUT2D eigenvalue weighted by molar-refractivity contribution is -0.155. The summed E-state index contributed by atoms with van der Waals surface area (Å²) in [6, 6.07) is 6.05. The lowest BCUT2D eigenvalue weighted by Gasteiger charge is -2.28. The molecule has 2 atom stereocenters. The number of allylic oxidation sites excluding steroid dienone is 1. The molecule has 3 nitrogen and oxygen atoms in total. The van der Waals surface area contributed by atoms with Gasteiger partial charge in [0, 0.05) is 11.5 Å². The maximum atomic E-state index is 13.4. The second-order valence-corrected chi connectivity index (χ2v) is 4.47. The number of hydrogen-bond acceptors (Lipinski definition) is 2. The topological polar surface area (TPSA) is 54.4 Å². The second kappa shape index (κ2) is 4.57. The Labute approximate surface area is 108 Å². The zero-order valence-electron chi connectivity index (χ0n) is 9.98. The van der Waals surface area contributed by atoms with Crippen LogP contribution in [0.1, 0.15) is 28.3 Å². The van der Waals surface area contributed by atoms with Crippen molar-refractivity contribution in [3.05, 3.63) is 48.0 Å². The predicted octanol–water partition coefficient (Wildman–Crippen LogP) is 2.88. The van der Waals surface area contributed by atoms with Crippen molar-refractivity contribution < 1.29 is 23.5 Å². The van der Waals surface area contributed by atoms with Crippen molar-refractivity contribution in [2.24, 2.45) is 5.41 Å². The number of Topliss-reactive ketones (excluding diaryl/α,β-unsaturated/α-hetero) is 1. The van der Waals surface area contributed by atoms with Gasteiger partial charge in [-0.2, -0.15) is 0 Å². The molecule has 0 aromatic heterocycles. The quantitative estimate of drug-likeness (QED) is 0.673. The van der Waals surface area contributed by atoms with Crippen LogP contribution in [0.5, 0.6) is 0 Å². The highest BCUT2D eigenvalue weighted by Crippen LogP contribution is 2.52. The molecule has 2 unspecified atom stereocenters. The van der Waals surface area contributed by atoms with Gasteiger partial charge in [0.25, 0.3) is 6.43 Å². The number of ketones is 1. The minimum atomic E-state index is -3.27. The maximum absolute atomic E-state index is 13.4. The van der Waals surface area contributed by atoms with Crippen LogP contribution in [0.15, 0.2) is 36.9 Å². The van der Waals surface area contributed by atoms with Crippen molar-refractivity contribution in [3.63, 3.8) is 0 Å². The summed E-state index contributed by atoms with van der Waals surface area (Å²) >= 11 is 0. The van der Waals surface area contributed by atoms with Gasteiger partial charge in [-0.15, -0.1) is 6.58 Å². The first-order chi connectivity index (χ1) is 8.97. The normalized spacial score (nSPS) is 25.4. The van der Waals surface area contributed by atoms with Gasteiger partial charge < -0.3 is 5.11 Å². The average molecular weight is 266 g/mol. The van der Waals surface area contributed by atoms with Gasteiger partial charge in [-0.1, -0.05) is 30.3 Å². The molecular formula is C14H12F2O3. The van der Waals surface area contributed by atoms with Crippen LogP contribution in [0.3, 0.4) is 0 Å². The Bertz CT molecular complexity index is 553. The van der Waals surface area contributed by atoms with E-state index in [0.717, 1.165) is 0 Å². The molecule has 0 saturated carbocycles. The summed E-state index contributed by atoms with van der Waals surface area (Å²) in [5.74, 6) is -3.88. The molecule has 1 aromatic carbocycles. The molecular weight excluding hydrogens is 254 g/mol. The molecule has 0 heterocycles. The number of rotatable bonds is 4. The SMILES string of the molecule is C=CCC1c2ccccc2C(=O)C1(C(=O)O)C(F)F. The third-order valence-electron chi connectivity index (χ3n) is 3.61. The van der Waals surface area contributed by atoms with Crippen molar-refractivity contribution in [2.45, 2.75) is 18.8 Å². The lowest BCUT2D eigenvalue weighted by Crippen LogP contribution is -2.46. The monoisotopic (exact) mass is 266 g/mol. The molecule has 2 rings (SSSR count). The van der Waals surface area contributed by atoms with Crippen LogP contribution in [-0.2, 0) is 4.79 Å². The summed E-state index contributed by atoms with van der Waals surface area (Å²) in [4.78, 5) is 23.6. The van der Waals surface area contributed by atoms with Gasteiger partial charge in [-0.05, 0) is 12.0 Å². The smallest absolute Gasteiger partial charge is 0.324 e. The number of carbonyl (C=O) groups is 2. The summed E-state index contributed by atoms with van der Waals surface area (Å²) < 4.78 is 26.8. The molecule has 1 aromatic rings. The Morgan fingerprint density at radius 2 is 2.11 bits per heavy atom. The fourth-order valence-corrected chi connectivity index (χ4v) is 2.70. The summed E-state index contributed by atoms with van der Waals surface area (Å²) in [7, 11) is 0. The van der Waals surface area contributed by atoms with E-state index in [2.05, 4.69) is 6.58 Å². The van der Waals surface area contributed by atoms with E-state index in [4.69, 9.17) is 0 Å². The molecule has 19 heavy (non-hydrogen) atoms. The van der Waals surface area contributed by atoms with Crippen molar-refractivity contribution >= 4 is 11.8 Å². The highest BCUT2D eigenvalue weighted by atomic mass is 19.3. The number of hydrogen-bond donors (Lipinski definition) is 1. The number of alkyl halides is 2. The molecule has 1 aliphatic rings. The highest BCUT2D eigenvalue weighted by molar-refractivity contribution is 6.17. The van der Waals surface area contributed by atoms with E-state index in [9.17, 15) is 23.5 Å². The number of halogens is 2. The van der Waals surface area contributed by atoms with Crippen LogP contribution in [0, 0.1) is 5.41 Å². The molecule has 0 spiro atoms. The van der Waals surface area contributed by atoms with Crippen LogP contribution in [-0.4, -0.2) is 23.3 Å². The first-order valence-corrected chi connectivity index (χ1v) is 5.74. The molecule has 100 valence electrons. The van der Waals surface area contributed by atoms with Gasteiger partial charge in [0.1, 0.15) is 0 Å². The van der Waals surface area contributed by atoms with Crippen LogP contribution in [0.25, 0.3) is 0 Å². The minimum Gasteiger partial charge on any atom is -0.480 e. The van der Waals surface area contributed by atoms with E-state index >= 15 is 0 Å². The second-order valence-electron chi connectivity index (χ2n) is 4.47. The third kappa shape index (κ3) is 1.61. The van der Waals surface area contributed by atoms with Crippen LogP contribution >= 0.6 is 0 Å². The van der Waals surface area contributed by atoms with E-state index < -0.39 is 29.5 Å². The standard InChI is InChI=1S/C14H12F2O3/c1-2-5-10-8-6-3-4-7-9(8)11(17)14(10,12(15)16)13(18)19/h2-4,6-7,10,12H,1,5H2,(H,18,19). The van der Waals surface area contributed by atoms with E-state index in [1.54, 1.807) is 6.07 Å². The van der Waals surface area contributed by atoms with Crippen LogP contribution < -0.4 is 0 Å². The first kappa shape index (κ1) is 13.4. The first-order valence-electron chi connectivity index (χ1n) is 5.74. The number of carboxylic acid groups (broad SMARTS) is 1. The molecule has 0 saturated heterocycles. The number of carboxylic acids is 1. The van der Waals surface area contributed by atoms with Crippen molar-refractivity contribution in [1.29, 1.82) is 0 Å². The predicted molar refractivity (Wildman–Crippen MR) is 64.4 cm³/mol. The Morgan fingerprint density at radius 1 is 1.47 bits per heavy atom. The molecule has 0 radical (unpaired) electrons. The molecule has 1 aliphatic carbocycles. The zero-order chi connectivity index (χ0) is 14.2. The molecule has 0 aliphatic heterocycles. The van der Waals surface area contributed by atoms with Crippen molar-refractivity contribution in [3.8, 4) is 0 Å². The van der Waals surface area contributed by atoms with Gasteiger partial charge in [0.05, 0.1) is 0 Å². The fraction of sp³-hybridized carbons (Fsp3) is 0.286. The van der Waals surface area contributed by atoms with Crippen molar-refractivity contribution in [1.82, 2.24) is 0 Å². The Kier molecular flexibility index (Phi) is 3.22. The summed E-state index contributed by atoms with van der Waals surface area (Å²) in [5.41, 5.74) is -2.27. The van der Waals surface area contributed by atoms with E-state index in [-0.39, 0.29) is 12.0 Å². The minimum absolute atomic E-state index is 0.0133. The molecule has 1 N–H and O–H groups in total. The maximum Gasteiger partial charge on any atom is 0.324 e. The van der Waals surface area contributed by atoms with E-state index in [1.807, 2.05) is 0 Å². The van der Waals surface area contributed by atoms with Crippen LogP contribution in [0.4, 0.5) is 8.78 Å². The highest BCUT2D eigenvalue weighted by Gasteiger charge is 2.64. The van der Waals surface area contributed by atoms with Crippen molar-refractivity contribution in [2.75, 3.05) is 0 Å². The lowest BCUT2D eigenvalue weighted by atomic mass is 9.74. The average Bonchev–Trinajstić information content (AvgIpc) is 2.61. The van der Waals surface area contributed by atoms with Gasteiger partial charge in [0.2, 0.25) is 0 Å². The summed E-state index contributed by atoms with van der Waals surface area (Å²) in [6.07, 6.45) is -1.89. The molecule has 0 amide bonds. The summed E-state index contributed by atoms with van der Waals surface area (Å²) in [6.45, 7) is 3.46. The number of aliphatic carboxylic acids is 1. The van der Waals surface area contributed by atoms with E-state index in [0.29, 0.717) is 5.56 Å². The fourth-order valence-electron chi connectivity index (χ4n) is 2.70. The molecule has 0 bridgehead atoms. The van der Waals surface area contributed by atoms with Gasteiger partial charge in [-0.25, -0.2) is 8.78 Å². The Morgan fingerprint density at radius 3 is 2.63 bits per heavy atom. The van der Waals surface area contributed by atoms with E-state index in [1.165, 1.54) is 24.3 Å². The van der Waals surface area contributed by atoms with Crippen LogP contribution in [0.2, 0.25) is 0 Å². The summed E-state index contributed by atoms with van der Waals surface area (Å²) in [5, 5.41) is 9.24. The third-order valence-corrected chi connectivity index (χ3v) is 3.61. The van der Waals surface area contributed by atoms with Gasteiger partial charge >= 0.3 is 5.97 Å². The Balaban J connectivity index is 2.71.